The molecule has 0 nitrogen and oxygen atoms in total. The molecule has 0 heterocycles. The van der Waals surface area contributed by atoms with Crippen LogP contribution in [-0.2, 0) is 45.0 Å². The third-order valence-corrected chi connectivity index (χ3v) is 9.77. The predicted molar refractivity (Wildman–Crippen MR) is 232 cm³/mol. The van der Waals surface area contributed by atoms with E-state index in [9.17, 15) is 0 Å². The quantitative estimate of drug-likeness (QED) is 0.121. The second-order valence-corrected chi connectivity index (χ2v) is 28.7. The fraction of sp³-hybridized carbons (Fsp3) is 0.400. The summed E-state index contributed by atoms with van der Waals surface area (Å²) >= 11 is 1.74. The van der Waals surface area contributed by atoms with E-state index >= 15 is 0 Å². The molecule has 0 aliphatic heterocycles. The van der Waals surface area contributed by atoms with Crippen molar-refractivity contribution < 1.29 is 48.1 Å². The Balaban J connectivity index is 0.000000341. The van der Waals surface area contributed by atoms with Crippen molar-refractivity contribution in [2.75, 3.05) is 0 Å². The average molecular weight is 855 g/mol. The van der Waals surface area contributed by atoms with Gasteiger partial charge in [-0.15, -0.1) is 63.0 Å². The molecule has 6 aromatic rings. The fourth-order valence-electron chi connectivity index (χ4n) is 6.58. The molecule has 288 valence electrons. The van der Waals surface area contributed by atoms with E-state index in [0.717, 1.165) is 0 Å². The smallest absolute Gasteiger partial charge is 0.0132 e. The van der Waals surface area contributed by atoms with Gasteiger partial charge in [-0.1, -0.05) is 168 Å². The van der Waals surface area contributed by atoms with E-state index in [4.69, 9.17) is 0 Å². The van der Waals surface area contributed by atoms with Crippen LogP contribution in [0.3, 0.4) is 0 Å². The van der Waals surface area contributed by atoms with Crippen LogP contribution >= 0.6 is 0 Å². The van der Waals surface area contributed by atoms with Gasteiger partial charge in [0.2, 0.25) is 0 Å². The third kappa shape index (κ3) is 12.4. The number of fused-ring (bicyclic) bond motifs is 2. The van der Waals surface area contributed by atoms with E-state index in [-0.39, 0.29) is 51.9 Å². The van der Waals surface area contributed by atoms with Gasteiger partial charge in [0.1, 0.15) is 0 Å². The maximum absolute atomic E-state index is 2.43. The van der Waals surface area contributed by atoms with Gasteiger partial charge < -0.3 is 24.8 Å². The summed E-state index contributed by atoms with van der Waals surface area (Å²) in [5, 5.41) is 5.42. The van der Waals surface area contributed by atoms with Crippen LogP contribution < -0.4 is 24.8 Å². The summed E-state index contributed by atoms with van der Waals surface area (Å²) in [5.74, 6) is 0. The van der Waals surface area contributed by atoms with Crippen molar-refractivity contribution in [3.63, 3.8) is 0 Å². The molecule has 0 spiro atoms. The van der Waals surface area contributed by atoms with Gasteiger partial charge in [-0.3, -0.25) is 0 Å². The van der Waals surface area contributed by atoms with Crippen LogP contribution in [0, 0.1) is 13.8 Å². The Morgan fingerprint density at radius 1 is 0.444 bits per heavy atom. The Bertz CT molecular complexity index is 2130. The SMILES string of the molecule is C[Si](C)=[Zr+2].Cc1cc2c(-c3cc(C(C)(C)C)cc(C(C)(C)C)c3)cc(C(C)(C)C)cc2[cH-]1.Cc1cc2c(-c3ccc(C(C)(C)C)cc3)cccc2[cH-]1.[Cl-].[Cl-]. The minimum Gasteiger partial charge on any atom is -1.00 e. The Morgan fingerprint density at radius 3 is 1.30 bits per heavy atom. The Hall–Kier alpha value is -2.22. The molecule has 0 aliphatic carbocycles. The number of hydrogen-bond donors (Lipinski definition) is 0. The van der Waals surface area contributed by atoms with E-state index in [1.807, 2.05) is 0 Å². The van der Waals surface area contributed by atoms with Crippen molar-refractivity contribution >= 4 is 27.0 Å². The molecule has 0 fully saturated rings. The van der Waals surface area contributed by atoms with Crippen LogP contribution in [0.15, 0.2) is 97.1 Å². The summed E-state index contributed by atoms with van der Waals surface area (Å²) in [6, 6.07) is 36.8. The first kappa shape index (κ1) is 47.9. The third-order valence-electron chi connectivity index (χ3n) is 9.77. The molecule has 0 bridgehead atoms. The summed E-state index contributed by atoms with van der Waals surface area (Å²) in [4.78, 5) is 0. The molecule has 54 heavy (non-hydrogen) atoms. The van der Waals surface area contributed by atoms with Gasteiger partial charge in [-0.2, -0.15) is 12.1 Å². The van der Waals surface area contributed by atoms with Crippen LogP contribution in [0.4, 0.5) is 0 Å². The van der Waals surface area contributed by atoms with Gasteiger partial charge in [0, 0.05) is 0 Å². The van der Waals surface area contributed by atoms with E-state index in [1.165, 1.54) is 77.2 Å². The van der Waals surface area contributed by atoms with Crippen LogP contribution in [0.2, 0.25) is 13.1 Å². The van der Waals surface area contributed by atoms with E-state index in [0.29, 0.717) is 0 Å². The van der Waals surface area contributed by atoms with Gasteiger partial charge in [0.05, 0.1) is 0 Å². The topological polar surface area (TPSA) is 0 Å². The van der Waals surface area contributed by atoms with Gasteiger partial charge in [0.15, 0.2) is 0 Å². The molecule has 0 amide bonds. The van der Waals surface area contributed by atoms with Crippen molar-refractivity contribution in [2.24, 2.45) is 0 Å². The molecular weight excluding hydrogens is 791 g/mol. The summed E-state index contributed by atoms with van der Waals surface area (Å²) in [6.45, 7) is 36.5. The van der Waals surface area contributed by atoms with Crippen LogP contribution in [0.5, 0.6) is 0 Å². The summed E-state index contributed by atoms with van der Waals surface area (Å²) in [6.07, 6.45) is 0. The Kier molecular flexibility index (Phi) is 16.3. The van der Waals surface area contributed by atoms with Crippen LogP contribution in [0.1, 0.15) is 116 Å². The molecule has 4 heteroatoms. The van der Waals surface area contributed by atoms with Gasteiger partial charge in [-0.05, 0) is 49.5 Å². The molecule has 0 N–H and O–H groups in total. The number of hydrogen-bond acceptors (Lipinski definition) is 0. The zero-order chi connectivity index (χ0) is 39.0. The fourth-order valence-corrected chi connectivity index (χ4v) is 6.58. The van der Waals surface area contributed by atoms with Gasteiger partial charge in [-0.25, -0.2) is 0 Å². The Labute approximate surface area is 356 Å². The molecular formula is C50H64Cl2SiZr-2. The summed E-state index contributed by atoms with van der Waals surface area (Å²) in [7, 11) is 0. The second-order valence-electron chi connectivity index (χ2n) is 19.3. The standard InChI is InChI=1S/C28H37.C20H21.C2H6Si.2ClH.Zr/c1-18-11-19-13-23(28(8,9)10)17-25(24(19)12-18)20-14-21(26(2,3)4)16-22(15-20)27(5,6)7;1-14-12-16-6-5-7-18(19(16)13-14)15-8-10-17(11-9-15)20(2,3)4;1-3-2;;;/h11-17H,1-10H3;5-13H,1-4H3;1-2H3;2*1H;/q2*-1;;;;+2/p-2. The monoisotopic (exact) mass is 852 g/mol. The molecule has 0 aliphatic rings. The molecule has 6 rings (SSSR count). The first-order chi connectivity index (χ1) is 23.8. The molecule has 0 aromatic heterocycles. The van der Waals surface area contributed by atoms with Gasteiger partial charge >= 0.3 is 41.9 Å². The van der Waals surface area contributed by atoms with Crippen LogP contribution in [-0.4, -0.2) is 5.43 Å². The average Bonchev–Trinajstić information content (AvgIpc) is 3.59. The largest absolute Gasteiger partial charge is 1.00 e. The number of aryl methyl sites for hydroxylation is 2. The Morgan fingerprint density at radius 2 is 0.852 bits per heavy atom. The van der Waals surface area contributed by atoms with Crippen LogP contribution in [0.25, 0.3) is 43.8 Å². The maximum atomic E-state index is 2.43. The zero-order valence-electron chi connectivity index (χ0n) is 36.0. The first-order valence-electron chi connectivity index (χ1n) is 19.0. The van der Waals surface area contributed by atoms with Crippen molar-refractivity contribution in [2.45, 2.75) is 132 Å². The van der Waals surface area contributed by atoms with Crippen molar-refractivity contribution in [1.82, 2.24) is 0 Å². The molecule has 6 aromatic carbocycles. The number of benzene rings is 4. The van der Waals surface area contributed by atoms with E-state index in [2.05, 4.69) is 207 Å². The number of rotatable bonds is 2. The summed E-state index contributed by atoms with van der Waals surface area (Å²) < 4.78 is 0. The van der Waals surface area contributed by atoms with Crippen molar-refractivity contribution in [1.29, 1.82) is 0 Å². The van der Waals surface area contributed by atoms with Crippen molar-refractivity contribution in [3.8, 4) is 22.3 Å². The maximum Gasteiger partial charge on any atom is -0.0132 e. The summed E-state index contributed by atoms with van der Waals surface area (Å²) in [5.41, 5.74) is 14.4. The predicted octanol–water partition coefficient (Wildman–Crippen LogP) is 9.05. The van der Waals surface area contributed by atoms with Gasteiger partial charge in [0.25, 0.3) is 0 Å². The van der Waals surface area contributed by atoms with E-state index < -0.39 is 0 Å². The second kappa shape index (κ2) is 18.4. The van der Waals surface area contributed by atoms with E-state index in [1.54, 1.807) is 23.3 Å². The minimum atomic E-state index is 0. The van der Waals surface area contributed by atoms with Crippen molar-refractivity contribution in [3.05, 3.63) is 130 Å². The molecule has 0 saturated heterocycles. The molecule has 0 radical (unpaired) electrons. The normalized spacial score (nSPS) is 11.9. The molecule has 0 atom stereocenters. The molecule has 0 unspecified atom stereocenters. The zero-order valence-corrected chi connectivity index (χ0v) is 41.0. The molecule has 0 saturated carbocycles. The number of halogens is 2. The minimum absolute atomic E-state index is 0. The first-order valence-corrected chi connectivity index (χ1v) is 25.2.